The Morgan fingerprint density at radius 1 is 1.36 bits per heavy atom. The highest BCUT2D eigenvalue weighted by atomic mass is 16.5. The van der Waals surface area contributed by atoms with Gasteiger partial charge in [-0.15, -0.1) is 0 Å². The topological polar surface area (TPSA) is 38.5 Å². The third kappa shape index (κ3) is 1.72. The van der Waals surface area contributed by atoms with Gasteiger partial charge in [-0.2, -0.15) is 0 Å². The second-order valence-electron chi connectivity index (χ2n) is 3.76. The van der Waals surface area contributed by atoms with Crippen molar-refractivity contribution in [2.45, 2.75) is 31.1 Å². The molecule has 2 fully saturated rings. The van der Waals surface area contributed by atoms with E-state index in [-0.39, 0.29) is 6.04 Å². The van der Waals surface area contributed by atoms with Crippen LogP contribution < -0.4 is 5.73 Å². The molecule has 0 radical (unpaired) electrons. The van der Waals surface area contributed by atoms with Crippen LogP contribution in [0.3, 0.4) is 0 Å². The molecule has 0 amide bonds. The molecule has 0 spiro atoms. The standard InChI is InChI=1S/C8H16N2O/c1-10-4-7(9)8(5-10)11-6-2-3-6/h6-8H,2-5,9H2,1H3. The minimum atomic E-state index is 0.237. The van der Waals surface area contributed by atoms with Crippen molar-refractivity contribution >= 4 is 0 Å². The average molecular weight is 156 g/mol. The van der Waals surface area contributed by atoms with Crippen molar-refractivity contribution in [3.05, 3.63) is 0 Å². The van der Waals surface area contributed by atoms with Gasteiger partial charge in [0.15, 0.2) is 0 Å². The summed E-state index contributed by atoms with van der Waals surface area (Å²) in [6, 6.07) is 0.237. The molecule has 2 unspecified atom stereocenters. The molecule has 3 heteroatoms. The van der Waals surface area contributed by atoms with E-state index in [0.29, 0.717) is 12.2 Å². The van der Waals surface area contributed by atoms with Gasteiger partial charge in [-0.1, -0.05) is 0 Å². The third-order valence-corrected chi connectivity index (χ3v) is 2.38. The van der Waals surface area contributed by atoms with Crippen LogP contribution in [0.4, 0.5) is 0 Å². The molecule has 2 atom stereocenters. The van der Waals surface area contributed by atoms with Crippen LogP contribution in [0.25, 0.3) is 0 Å². The molecule has 1 heterocycles. The first-order chi connectivity index (χ1) is 5.25. The van der Waals surface area contributed by atoms with Crippen molar-refractivity contribution in [2.24, 2.45) is 5.73 Å². The van der Waals surface area contributed by atoms with Crippen molar-refractivity contribution < 1.29 is 4.74 Å². The fourth-order valence-corrected chi connectivity index (χ4v) is 1.59. The molecule has 2 rings (SSSR count). The first kappa shape index (κ1) is 7.53. The molecule has 3 nitrogen and oxygen atoms in total. The molecule has 1 aliphatic carbocycles. The van der Waals surface area contributed by atoms with E-state index in [4.69, 9.17) is 10.5 Å². The maximum absolute atomic E-state index is 5.88. The Hall–Kier alpha value is -0.120. The summed E-state index contributed by atoms with van der Waals surface area (Å²) in [6.07, 6.45) is 3.32. The molecule has 2 aliphatic rings. The van der Waals surface area contributed by atoms with Crippen LogP contribution in [0.15, 0.2) is 0 Å². The van der Waals surface area contributed by atoms with E-state index in [0.717, 1.165) is 13.1 Å². The van der Waals surface area contributed by atoms with Gasteiger partial charge in [0.25, 0.3) is 0 Å². The monoisotopic (exact) mass is 156 g/mol. The summed E-state index contributed by atoms with van der Waals surface area (Å²) >= 11 is 0. The predicted octanol–water partition coefficient (Wildman–Crippen LogP) is -0.193. The number of nitrogens with two attached hydrogens (primary N) is 1. The van der Waals surface area contributed by atoms with Gasteiger partial charge < -0.3 is 15.4 Å². The summed E-state index contributed by atoms with van der Waals surface area (Å²) in [7, 11) is 2.09. The van der Waals surface area contributed by atoms with Crippen molar-refractivity contribution in [1.82, 2.24) is 4.90 Å². The lowest BCUT2D eigenvalue weighted by Gasteiger charge is -2.14. The normalized spacial score (nSPS) is 39.8. The zero-order valence-corrected chi connectivity index (χ0v) is 6.99. The molecular formula is C8H16N2O. The minimum absolute atomic E-state index is 0.237. The number of hydrogen-bond donors (Lipinski definition) is 1. The number of likely N-dealkylation sites (tertiary alicyclic amines) is 1. The van der Waals surface area contributed by atoms with E-state index in [1.807, 2.05) is 0 Å². The molecular weight excluding hydrogens is 140 g/mol. The van der Waals surface area contributed by atoms with Gasteiger partial charge in [0.05, 0.1) is 12.2 Å². The Morgan fingerprint density at radius 3 is 2.55 bits per heavy atom. The molecule has 64 valence electrons. The van der Waals surface area contributed by atoms with Gasteiger partial charge in [0.2, 0.25) is 0 Å². The summed E-state index contributed by atoms with van der Waals surface area (Å²) in [5, 5.41) is 0. The minimum Gasteiger partial charge on any atom is -0.372 e. The van der Waals surface area contributed by atoms with Crippen LogP contribution in [0.1, 0.15) is 12.8 Å². The van der Waals surface area contributed by atoms with Gasteiger partial charge in [0.1, 0.15) is 0 Å². The molecule has 11 heavy (non-hydrogen) atoms. The van der Waals surface area contributed by atoms with E-state index >= 15 is 0 Å². The second kappa shape index (κ2) is 2.73. The van der Waals surface area contributed by atoms with Crippen molar-refractivity contribution in [2.75, 3.05) is 20.1 Å². The van der Waals surface area contributed by atoms with Crippen LogP contribution in [-0.2, 0) is 4.74 Å². The molecule has 1 aliphatic heterocycles. The van der Waals surface area contributed by atoms with Crippen LogP contribution >= 0.6 is 0 Å². The highest BCUT2D eigenvalue weighted by Gasteiger charge is 2.34. The maximum atomic E-state index is 5.88. The zero-order valence-electron chi connectivity index (χ0n) is 6.99. The highest BCUT2D eigenvalue weighted by Crippen LogP contribution is 2.27. The number of likely N-dealkylation sites (N-methyl/N-ethyl adjacent to an activating group) is 1. The Kier molecular flexibility index (Phi) is 1.87. The lowest BCUT2D eigenvalue weighted by atomic mass is 10.2. The smallest absolute Gasteiger partial charge is 0.0868 e. The zero-order chi connectivity index (χ0) is 7.84. The highest BCUT2D eigenvalue weighted by molar-refractivity contribution is 4.88. The lowest BCUT2D eigenvalue weighted by Crippen LogP contribution is -2.35. The van der Waals surface area contributed by atoms with E-state index < -0.39 is 0 Å². The number of nitrogens with zero attached hydrogens (tertiary/aromatic N) is 1. The van der Waals surface area contributed by atoms with E-state index in [1.54, 1.807) is 0 Å². The van der Waals surface area contributed by atoms with Crippen molar-refractivity contribution in [3.8, 4) is 0 Å². The van der Waals surface area contributed by atoms with Crippen LogP contribution in [0.2, 0.25) is 0 Å². The van der Waals surface area contributed by atoms with Crippen molar-refractivity contribution in [3.63, 3.8) is 0 Å². The summed E-state index contributed by atoms with van der Waals surface area (Å²) in [5.41, 5.74) is 5.88. The number of rotatable bonds is 2. The van der Waals surface area contributed by atoms with Crippen LogP contribution in [0, 0.1) is 0 Å². The van der Waals surface area contributed by atoms with Crippen LogP contribution in [0.5, 0.6) is 0 Å². The van der Waals surface area contributed by atoms with Crippen molar-refractivity contribution in [1.29, 1.82) is 0 Å². The Morgan fingerprint density at radius 2 is 2.09 bits per heavy atom. The first-order valence-corrected chi connectivity index (χ1v) is 4.35. The molecule has 1 saturated heterocycles. The second-order valence-corrected chi connectivity index (χ2v) is 3.76. The molecule has 0 aromatic rings. The largest absolute Gasteiger partial charge is 0.372 e. The van der Waals surface area contributed by atoms with Crippen LogP contribution in [-0.4, -0.2) is 43.3 Å². The summed E-state index contributed by atoms with van der Waals surface area (Å²) < 4.78 is 5.74. The summed E-state index contributed by atoms with van der Waals surface area (Å²) in [6.45, 7) is 2.00. The van der Waals surface area contributed by atoms with Gasteiger partial charge in [-0.25, -0.2) is 0 Å². The van der Waals surface area contributed by atoms with Gasteiger partial charge in [-0.3, -0.25) is 0 Å². The van der Waals surface area contributed by atoms with E-state index in [2.05, 4.69) is 11.9 Å². The Bertz CT molecular complexity index is 147. The Labute approximate surface area is 67.5 Å². The number of hydrogen-bond acceptors (Lipinski definition) is 3. The summed E-state index contributed by atoms with van der Waals surface area (Å²) in [4.78, 5) is 2.23. The van der Waals surface area contributed by atoms with Gasteiger partial charge >= 0.3 is 0 Å². The average Bonchev–Trinajstić information content (AvgIpc) is 2.64. The van der Waals surface area contributed by atoms with Gasteiger partial charge in [0, 0.05) is 19.1 Å². The summed E-state index contributed by atoms with van der Waals surface area (Å²) in [5.74, 6) is 0. The fraction of sp³-hybridized carbons (Fsp3) is 1.00. The maximum Gasteiger partial charge on any atom is 0.0868 e. The fourth-order valence-electron chi connectivity index (χ4n) is 1.59. The molecule has 2 N–H and O–H groups in total. The predicted molar refractivity (Wildman–Crippen MR) is 43.4 cm³/mol. The first-order valence-electron chi connectivity index (χ1n) is 4.35. The molecule has 0 bridgehead atoms. The molecule has 1 saturated carbocycles. The SMILES string of the molecule is CN1CC(N)C(OC2CC2)C1. The molecule has 0 aromatic carbocycles. The number of ether oxygens (including phenoxy) is 1. The van der Waals surface area contributed by atoms with E-state index in [1.165, 1.54) is 12.8 Å². The lowest BCUT2D eigenvalue weighted by molar-refractivity contribution is 0.0394. The quantitative estimate of drug-likeness (QED) is 0.602. The Balaban J connectivity index is 1.82. The van der Waals surface area contributed by atoms with E-state index in [9.17, 15) is 0 Å². The van der Waals surface area contributed by atoms with Gasteiger partial charge in [-0.05, 0) is 19.9 Å². The molecule has 0 aromatic heterocycles. The third-order valence-electron chi connectivity index (χ3n) is 2.38.